The van der Waals surface area contributed by atoms with Crippen LogP contribution in [0, 0.1) is 5.92 Å². The molecule has 0 radical (unpaired) electrons. The van der Waals surface area contributed by atoms with Crippen LogP contribution >= 0.6 is 0 Å². The Kier molecular flexibility index (Phi) is 5.79. The van der Waals surface area contributed by atoms with Crippen molar-refractivity contribution in [2.75, 3.05) is 13.1 Å². The molecule has 1 amide bonds. The minimum Gasteiger partial charge on any atom is -0.337 e. The van der Waals surface area contributed by atoms with Gasteiger partial charge in [-0.3, -0.25) is 9.48 Å². The van der Waals surface area contributed by atoms with E-state index in [9.17, 15) is 4.79 Å². The molecule has 2 aromatic heterocycles. The van der Waals surface area contributed by atoms with Crippen molar-refractivity contribution in [1.82, 2.24) is 24.2 Å². The predicted octanol–water partition coefficient (Wildman–Crippen LogP) is 3.34. The molecule has 0 saturated carbocycles. The van der Waals surface area contributed by atoms with E-state index in [1.807, 2.05) is 35.0 Å². The van der Waals surface area contributed by atoms with Gasteiger partial charge in [-0.2, -0.15) is 5.10 Å². The van der Waals surface area contributed by atoms with Crippen molar-refractivity contribution in [1.29, 1.82) is 0 Å². The van der Waals surface area contributed by atoms with Crippen LogP contribution in [0.4, 0.5) is 0 Å². The van der Waals surface area contributed by atoms with Crippen LogP contribution in [0.2, 0.25) is 0 Å². The number of nitrogens with zero attached hydrogens (tertiary/aromatic N) is 5. The van der Waals surface area contributed by atoms with Gasteiger partial charge in [-0.1, -0.05) is 13.8 Å². The average molecular weight is 358 g/mol. The number of hydrogen-bond donors (Lipinski definition) is 0. The summed E-state index contributed by atoms with van der Waals surface area (Å²) in [5, 5.41) is 4.62. The predicted molar refractivity (Wildman–Crippen MR) is 102 cm³/mol. The van der Waals surface area contributed by atoms with Crippen molar-refractivity contribution in [2.45, 2.75) is 66.0 Å². The van der Waals surface area contributed by atoms with E-state index in [1.165, 1.54) is 0 Å². The summed E-state index contributed by atoms with van der Waals surface area (Å²) in [5.41, 5.74) is 1.75. The zero-order chi connectivity index (χ0) is 18.7. The standard InChI is InChI=1S/C20H31N5O/c1-5-23-12-9-21-19(23)16-7-10-24(11-8-16)20(26)18-14-17(13-15(3)4)22-25(18)6-2/h9,12,14-16H,5-8,10-11,13H2,1-4H3. The molecule has 0 unspecified atom stereocenters. The third kappa shape index (κ3) is 3.84. The molecule has 1 aliphatic heterocycles. The molecular formula is C20H31N5O. The van der Waals surface area contributed by atoms with Gasteiger partial charge in [0.25, 0.3) is 5.91 Å². The largest absolute Gasteiger partial charge is 0.337 e. The molecule has 0 aliphatic carbocycles. The smallest absolute Gasteiger partial charge is 0.272 e. The number of carbonyl (C=O) groups excluding carboxylic acids is 1. The van der Waals surface area contributed by atoms with Crippen molar-refractivity contribution in [2.24, 2.45) is 5.92 Å². The van der Waals surface area contributed by atoms with E-state index in [4.69, 9.17) is 0 Å². The fraction of sp³-hybridized carbons (Fsp3) is 0.650. The van der Waals surface area contributed by atoms with E-state index in [0.29, 0.717) is 11.8 Å². The third-order valence-electron chi connectivity index (χ3n) is 5.20. The zero-order valence-electron chi connectivity index (χ0n) is 16.5. The number of carbonyl (C=O) groups is 1. The molecule has 0 atom stereocenters. The summed E-state index contributed by atoms with van der Waals surface area (Å²) in [7, 11) is 0. The molecule has 142 valence electrons. The topological polar surface area (TPSA) is 56.0 Å². The lowest BCUT2D eigenvalue weighted by molar-refractivity contribution is 0.0697. The summed E-state index contributed by atoms with van der Waals surface area (Å²) in [4.78, 5) is 19.6. The molecule has 26 heavy (non-hydrogen) atoms. The van der Waals surface area contributed by atoms with E-state index in [0.717, 1.165) is 62.7 Å². The Labute approximate surface area is 156 Å². The number of likely N-dealkylation sites (tertiary alicyclic amines) is 1. The number of aryl methyl sites for hydroxylation is 2. The maximum Gasteiger partial charge on any atom is 0.272 e. The summed E-state index contributed by atoms with van der Waals surface area (Å²) in [6.07, 6.45) is 6.79. The minimum absolute atomic E-state index is 0.117. The molecule has 0 bridgehead atoms. The summed E-state index contributed by atoms with van der Waals surface area (Å²) in [6.45, 7) is 11.8. The molecule has 1 fully saturated rings. The Morgan fingerprint density at radius 2 is 1.96 bits per heavy atom. The molecular weight excluding hydrogens is 326 g/mol. The second-order valence-electron chi connectivity index (χ2n) is 7.57. The average Bonchev–Trinajstić information content (AvgIpc) is 3.27. The highest BCUT2D eigenvalue weighted by Crippen LogP contribution is 2.28. The Morgan fingerprint density at radius 3 is 2.58 bits per heavy atom. The van der Waals surface area contributed by atoms with Crippen LogP contribution in [0.5, 0.6) is 0 Å². The lowest BCUT2D eigenvalue weighted by Crippen LogP contribution is -2.39. The van der Waals surface area contributed by atoms with Crippen molar-refractivity contribution in [3.63, 3.8) is 0 Å². The minimum atomic E-state index is 0.117. The first-order chi connectivity index (χ1) is 12.5. The summed E-state index contributed by atoms with van der Waals surface area (Å²) in [6, 6.07) is 1.99. The highest BCUT2D eigenvalue weighted by Gasteiger charge is 2.28. The van der Waals surface area contributed by atoms with Crippen LogP contribution in [-0.4, -0.2) is 43.2 Å². The van der Waals surface area contributed by atoms with Crippen LogP contribution < -0.4 is 0 Å². The first-order valence-electron chi connectivity index (χ1n) is 9.90. The zero-order valence-corrected chi connectivity index (χ0v) is 16.5. The normalized spacial score (nSPS) is 15.8. The molecule has 6 heteroatoms. The van der Waals surface area contributed by atoms with Gasteiger partial charge in [-0.25, -0.2) is 4.98 Å². The molecule has 3 heterocycles. The maximum absolute atomic E-state index is 13.0. The quantitative estimate of drug-likeness (QED) is 0.797. The van der Waals surface area contributed by atoms with Crippen molar-refractivity contribution in [3.05, 3.63) is 35.7 Å². The van der Waals surface area contributed by atoms with Crippen LogP contribution in [-0.2, 0) is 19.5 Å². The van der Waals surface area contributed by atoms with Gasteiger partial charge in [0, 0.05) is 44.5 Å². The lowest BCUT2D eigenvalue weighted by atomic mass is 9.95. The SMILES string of the molecule is CCn1ccnc1C1CCN(C(=O)c2cc(CC(C)C)nn2CC)CC1. The summed E-state index contributed by atoms with van der Waals surface area (Å²) >= 11 is 0. The molecule has 0 spiro atoms. The highest BCUT2D eigenvalue weighted by atomic mass is 16.2. The number of aromatic nitrogens is 4. The monoisotopic (exact) mass is 357 g/mol. The summed E-state index contributed by atoms with van der Waals surface area (Å²) < 4.78 is 4.07. The Morgan fingerprint density at radius 1 is 1.23 bits per heavy atom. The molecule has 2 aromatic rings. The third-order valence-corrected chi connectivity index (χ3v) is 5.20. The Bertz CT molecular complexity index is 737. The number of imidazole rings is 1. The lowest BCUT2D eigenvalue weighted by Gasteiger charge is -2.32. The van der Waals surface area contributed by atoms with Gasteiger partial charge in [-0.15, -0.1) is 0 Å². The van der Waals surface area contributed by atoms with Gasteiger partial charge >= 0.3 is 0 Å². The second-order valence-corrected chi connectivity index (χ2v) is 7.57. The van der Waals surface area contributed by atoms with E-state index in [2.05, 4.69) is 35.4 Å². The first kappa shape index (κ1) is 18.7. The van der Waals surface area contributed by atoms with Crippen molar-refractivity contribution in [3.8, 4) is 0 Å². The number of piperidine rings is 1. The van der Waals surface area contributed by atoms with Crippen LogP contribution in [0.25, 0.3) is 0 Å². The van der Waals surface area contributed by atoms with Crippen molar-refractivity contribution < 1.29 is 4.79 Å². The Hall–Kier alpha value is -2.11. The van der Waals surface area contributed by atoms with Gasteiger partial charge in [0.15, 0.2) is 0 Å². The van der Waals surface area contributed by atoms with Gasteiger partial charge in [0.2, 0.25) is 0 Å². The maximum atomic E-state index is 13.0. The first-order valence-corrected chi connectivity index (χ1v) is 9.90. The van der Waals surface area contributed by atoms with Crippen molar-refractivity contribution >= 4 is 5.91 Å². The van der Waals surface area contributed by atoms with E-state index >= 15 is 0 Å². The van der Waals surface area contributed by atoms with E-state index < -0.39 is 0 Å². The van der Waals surface area contributed by atoms with Gasteiger partial charge in [-0.05, 0) is 45.1 Å². The van der Waals surface area contributed by atoms with Crippen LogP contribution in [0.1, 0.15) is 68.5 Å². The molecule has 1 aliphatic rings. The second kappa shape index (κ2) is 8.06. The number of amides is 1. The van der Waals surface area contributed by atoms with Crippen LogP contribution in [0.15, 0.2) is 18.5 Å². The molecule has 0 N–H and O–H groups in total. The van der Waals surface area contributed by atoms with Gasteiger partial charge < -0.3 is 9.47 Å². The number of rotatable bonds is 6. The van der Waals surface area contributed by atoms with Crippen LogP contribution in [0.3, 0.4) is 0 Å². The van der Waals surface area contributed by atoms with Gasteiger partial charge in [0.1, 0.15) is 11.5 Å². The fourth-order valence-corrected chi connectivity index (χ4v) is 3.85. The molecule has 6 nitrogen and oxygen atoms in total. The fourth-order valence-electron chi connectivity index (χ4n) is 3.85. The molecule has 0 aromatic carbocycles. The summed E-state index contributed by atoms with van der Waals surface area (Å²) in [5.74, 6) is 2.27. The van der Waals surface area contributed by atoms with Gasteiger partial charge in [0.05, 0.1) is 5.69 Å². The molecule has 1 saturated heterocycles. The highest BCUT2D eigenvalue weighted by molar-refractivity contribution is 5.92. The van der Waals surface area contributed by atoms with E-state index in [-0.39, 0.29) is 5.91 Å². The Balaban J connectivity index is 1.68. The van der Waals surface area contributed by atoms with E-state index in [1.54, 1.807) is 0 Å². The number of hydrogen-bond acceptors (Lipinski definition) is 3. The molecule has 3 rings (SSSR count).